The number of rotatable bonds is 9. The Hall–Kier alpha value is -11.1. The van der Waals surface area contributed by atoms with Crippen LogP contribution in [0.4, 0.5) is 21.5 Å². The van der Waals surface area contributed by atoms with Crippen LogP contribution in [0.1, 0.15) is 84.9 Å². The summed E-state index contributed by atoms with van der Waals surface area (Å²) >= 11 is 0. The lowest BCUT2D eigenvalue weighted by molar-refractivity contribution is 0.315. The smallest absolute Gasteiger partial charge is 0.185 e. The maximum absolute atomic E-state index is 13.4. The van der Waals surface area contributed by atoms with Gasteiger partial charge in [-0.15, -0.1) is 10.2 Å². The number of anilines is 3. The molecule has 3 fully saturated rings. The number of nitrogens with zero attached hydrogens (tertiary/aromatic N) is 16. The molecular weight excluding hydrogens is 1230 g/mol. The summed E-state index contributed by atoms with van der Waals surface area (Å²) in [6.07, 6.45) is 24.4. The quantitative estimate of drug-likeness (QED) is 0.137. The Morgan fingerprint density at radius 1 is 0.505 bits per heavy atom. The minimum absolute atomic E-state index is 0.218. The van der Waals surface area contributed by atoms with Crippen molar-refractivity contribution in [3.8, 4) is 97.1 Å². The van der Waals surface area contributed by atoms with Gasteiger partial charge in [-0.3, -0.25) is 13.7 Å². The van der Waals surface area contributed by atoms with Crippen LogP contribution in [0.2, 0.25) is 0 Å². The Labute approximate surface area is 577 Å². The van der Waals surface area contributed by atoms with Gasteiger partial charge in [0.15, 0.2) is 17.5 Å². The fourth-order valence-electron chi connectivity index (χ4n) is 15.6. The molecule has 2 atom stereocenters. The van der Waals surface area contributed by atoms with Crippen LogP contribution in [0, 0.1) is 35.4 Å². The van der Waals surface area contributed by atoms with Gasteiger partial charge in [0.25, 0.3) is 0 Å². The van der Waals surface area contributed by atoms with Crippen molar-refractivity contribution in [2.45, 2.75) is 96.1 Å². The average Bonchev–Trinajstić information content (AvgIpc) is 1.59. The molecule has 6 aliphatic rings. The Morgan fingerprint density at radius 2 is 1.00 bits per heavy atom. The van der Waals surface area contributed by atoms with Crippen LogP contribution in [-0.4, -0.2) is 130 Å². The molecule has 0 radical (unpaired) electrons. The molecule has 0 spiro atoms. The highest BCUT2D eigenvalue weighted by atomic mass is 19.1. The standard InChI is InChI=1S/C28H28N6.C27H26N6.C26H26FN5/c1-19-15-30-28-27-13-22(21-6-4-20(14-29)5-7-21)16-33(27)17-23-12-24(8-9-26(23)34(19)28)32-11-10-25(18-32)31(2)3;28-15-19-7-9-20(10-8-19)21-14-26-27-31-29-18-33(27)25-12-11-24(13-22(25)17-32(26)16-21)30-23-5-3-1-2-4-6-23;1-29(2)23-9-11-30(17-23)22-7-8-24-20(13-22)16-31-15-19(18-3-5-21(27)6-4-18)14-25(31)26-28-10-12-32(24)26/h4-9,12-13,15-16,25H,10-11,17-18H2,1-3H3;7-14,16,18,23,30H,1-6,17H2;3-8,10,12-15,23H,9,11,16-17H2,1-2H3/t;;23-/m..0/s1. The second-order valence-electron chi connectivity index (χ2n) is 27.8. The Bertz CT molecular complexity index is 5030. The Kier molecular flexibility index (Phi) is 16.7. The topological polar surface area (TPSA) is 154 Å². The summed E-state index contributed by atoms with van der Waals surface area (Å²) in [6, 6.07) is 55.3. The van der Waals surface area contributed by atoms with Crippen LogP contribution < -0.4 is 15.1 Å². The second-order valence-corrected chi connectivity index (χ2v) is 27.8. The maximum Gasteiger partial charge on any atom is 0.185 e. The second kappa shape index (κ2) is 26.4. The monoisotopic (exact) mass is 1310 g/mol. The molecule has 99 heavy (non-hydrogen) atoms. The molecule has 11 heterocycles. The number of hydrogen-bond donors (Lipinski definition) is 1. The van der Waals surface area contributed by atoms with Crippen molar-refractivity contribution in [2.75, 3.05) is 69.5 Å². The van der Waals surface area contributed by atoms with Crippen LogP contribution in [0.25, 0.3) is 85.0 Å². The molecular formula is C81H80FN17. The zero-order valence-electron chi connectivity index (χ0n) is 56.8. The highest BCUT2D eigenvalue weighted by Crippen LogP contribution is 2.41. The van der Waals surface area contributed by atoms with E-state index in [0.29, 0.717) is 29.3 Å². The third kappa shape index (κ3) is 12.3. The van der Waals surface area contributed by atoms with E-state index in [1.807, 2.05) is 79.3 Å². The molecule has 1 N–H and O–H groups in total. The average molecular weight is 1310 g/mol. The maximum atomic E-state index is 13.4. The van der Waals surface area contributed by atoms with Crippen LogP contribution in [0.15, 0.2) is 189 Å². The molecule has 6 aromatic carbocycles. The molecule has 12 aromatic rings. The first-order valence-corrected chi connectivity index (χ1v) is 34.7. The number of nitrogens with one attached hydrogen (secondary N) is 1. The normalized spacial score (nSPS) is 16.5. The van der Waals surface area contributed by atoms with Crippen LogP contribution >= 0.6 is 0 Å². The predicted octanol–water partition coefficient (Wildman–Crippen LogP) is 15.1. The summed E-state index contributed by atoms with van der Waals surface area (Å²) in [5.41, 5.74) is 23.3. The summed E-state index contributed by atoms with van der Waals surface area (Å²) in [4.78, 5) is 19.1. The lowest BCUT2D eigenvalue weighted by Crippen LogP contribution is -2.31. The van der Waals surface area contributed by atoms with E-state index in [1.54, 1.807) is 6.33 Å². The Morgan fingerprint density at radius 3 is 1.55 bits per heavy atom. The predicted molar refractivity (Wildman–Crippen MR) is 390 cm³/mol. The van der Waals surface area contributed by atoms with E-state index in [-0.39, 0.29) is 5.82 Å². The molecule has 6 aromatic heterocycles. The largest absolute Gasteiger partial charge is 0.382 e. The van der Waals surface area contributed by atoms with Crippen LogP contribution in [0.5, 0.6) is 0 Å². The van der Waals surface area contributed by atoms with Gasteiger partial charge in [0.2, 0.25) is 0 Å². The van der Waals surface area contributed by atoms with E-state index >= 15 is 0 Å². The van der Waals surface area contributed by atoms with Crippen molar-refractivity contribution in [3.05, 3.63) is 228 Å². The van der Waals surface area contributed by atoms with E-state index in [0.717, 1.165) is 125 Å². The zero-order chi connectivity index (χ0) is 67.4. The van der Waals surface area contributed by atoms with Crippen molar-refractivity contribution in [1.82, 2.24) is 57.4 Å². The summed E-state index contributed by atoms with van der Waals surface area (Å²) in [7, 11) is 8.68. The van der Waals surface area contributed by atoms with Crippen LogP contribution in [0.3, 0.4) is 0 Å². The number of hydrogen-bond acceptors (Lipinski definition) is 11. The highest BCUT2D eigenvalue weighted by Gasteiger charge is 2.30. The number of nitriles is 2. The van der Waals surface area contributed by atoms with Gasteiger partial charge in [0.1, 0.15) is 12.1 Å². The molecule has 5 aliphatic heterocycles. The molecule has 496 valence electrons. The third-order valence-corrected chi connectivity index (χ3v) is 21.1. The number of aromatic nitrogens is 10. The highest BCUT2D eigenvalue weighted by molar-refractivity contribution is 5.76. The number of halogens is 1. The van der Waals surface area contributed by atoms with Gasteiger partial charge < -0.3 is 38.6 Å². The molecule has 1 saturated carbocycles. The van der Waals surface area contributed by atoms with Crippen molar-refractivity contribution in [1.29, 1.82) is 10.5 Å². The molecule has 0 amide bonds. The molecule has 1 unspecified atom stereocenters. The lowest BCUT2D eigenvalue weighted by Gasteiger charge is -2.23. The molecule has 18 heteroatoms. The van der Waals surface area contributed by atoms with E-state index in [9.17, 15) is 4.39 Å². The third-order valence-electron chi connectivity index (χ3n) is 21.1. The van der Waals surface area contributed by atoms with E-state index in [2.05, 4.69) is 206 Å². The summed E-state index contributed by atoms with van der Waals surface area (Å²) in [5.74, 6) is 2.53. The van der Waals surface area contributed by atoms with Gasteiger partial charge >= 0.3 is 0 Å². The first kappa shape index (κ1) is 62.7. The minimum atomic E-state index is -0.218. The molecule has 17 nitrogen and oxygen atoms in total. The van der Waals surface area contributed by atoms with Crippen LogP contribution in [-0.2, 0) is 19.6 Å². The van der Waals surface area contributed by atoms with E-state index in [1.165, 1.54) is 109 Å². The summed E-state index contributed by atoms with van der Waals surface area (Å²) in [6.45, 7) is 8.76. The van der Waals surface area contributed by atoms with Crippen molar-refractivity contribution in [3.63, 3.8) is 0 Å². The lowest BCUT2D eigenvalue weighted by atomic mass is 10.1. The van der Waals surface area contributed by atoms with Gasteiger partial charge in [0.05, 0.1) is 57.4 Å². The first-order chi connectivity index (χ1) is 48.4. The van der Waals surface area contributed by atoms with Gasteiger partial charge in [-0.25, -0.2) is 14.4 Å². The van der Waals surface area contributed by atoms with Gasteiger partial charge in [-0.05, 0) is 203 Å². The van der Waals surface area contributed by atoms with Gasteiger partial charge in [-0.1, -0.05) is 62.1 Å². The van der Waals surface area contributed by atoms with E-state index in [4.69, 9.17) is 15.5 Å². The fourth-order valence-corrected chi connectivity index (χ4v) is 15.6. The Balaban J connectivity index is 0.000000116. The number of aryl methyl sites for hydroxylation is 1. The SMILES string of the molecule is CN(C)[C@H]1CCN(c2ccc3c(c2)Cn2cc(-c4ccc(F)cc4)cc2-c2nccn2-3)C1.Cc1cnc2n1-c1ccc(N3CCC(N(C)C)C3)cc1Cn1cc(-c3ccc(C#N)cc3)cc1-2.N#Cc1ccc(-c2cc3n(c2)Cc2cc(NC4CCCCCC4)ccc2-n2cnnc2-3)cc1. The molecule has 1 aliphatic carbocycles. The van der Waals surface area contributed by atoms with Crippen molar-refractivity contribution >= 4 is 17.1 Å². The van der Waals surface area contributed by atoms with Crippen molar-refractivity contribution in [2.24, 2.45) is 0 Å². The fraction of sp³-hybridized carbons (Fsp3) is 0.284. The molecule has 18 rings (SSSR count). The number of imidazole rings is 2. The van der Waals surface area contributed by atoms with Gasteiger partial charge in [0, 0.05) is 141 Å². The van der Waals surface area contributed by atoms with Crippen molar-refractivity contribution < 1.29 is 4.39 Å². The zero-order valence-corrected chi connectivity index (χ0v) is 56.8. The summed E-state index contributed by atoms with van der Waals surface area (Å²) in [5, 5.41) is 30.7. The van der Waals surface area contributed by atoms with E-state index < -0.39 is 0 Å². The number of benzene rings is 6. The summed E-state index contributed by atoms with van der Waals surface area (Å²) < 4.78 is 26.8. The molecule has 0 bridgehead atoms. The number of likely N-dealkylation sites (N-methyl/N-ethyl adjacent to an activating group) is 2. The molecule has 2 saturated heterocycles. The first-order valence-electron chi connectivity index (χ1n) is 34.7. The minimum Gasteiger partial charge on any atom is -0.382 e. The van der Waals surface area contributed by atoms with Gasteiger partial charge in [-0.2, -0.15) is 10.5 Å². The number of fused-ring (bicyclic) bond motifs is 15.